The van der Waals surface area contributed by atoms with Crippen LogP contribution in [0.5, 0.6) is 0 Å². The summed E-state index contributed by atoms with van der Waals surface area (Å²) in [6.07, 6.45) is 1.03. The minimum atomic E-state index is -0.355. The first-order valence-electron chi connectivity index (χ1n) is 5.59. The highest BCUT2D eigenvalue weighted by Crippen LogP contribution is 2.18. The van der Waals surface area contributed by atoms with Crippen molar-refractivity contribution in [2.75, 3.05) is 26.8 Å². The van der Waals surface area contributed by atoms with E-state index in [4.69, 9.17) is 10.5 Å². The lowest BCUT2D eigenvalue weighted by Crippen LogP contribution is -2.45. The van der Waals surface area contributed by atoms with Crippen LogP contribution in [0, 0.1) is 11.8 Å². The van der Waals surface area contributed by atoms with Crippen molar-refractivity contribution in [3.05, 3.63) is 0 Å². The van der Waals surface area contributed by atoms with Crippen LogP contribution in [0.1, 0.15) is 20.3 Å². The van der Waals surface area contributed by atoms with Gasteiger partial charge in [0.05, 0.1) is 12.6 Å². The first-order chi connectivity index (χ1) is 7.06. The molecule has 1 rings (SSSR count). The van der Waals surface area contributed by atoms with E-state index < -0.39 is 0 Å². The molecule has 1 saturated heterocycles. The second-order valence-corrected chi connectivity index (χ2v) is 4.66. The smallest absolute Gasteiger partial charge is 0.239 e. The summed E-state index contributed by atoms with van der Waals surface area (Å²) in [5.74, 6) is 0.779. The average molecular weight is 251 g/mol. The normalized spacial score (nSPS) is 22.1. The summed E-state index contributed by atoms with van der Waals surface area (Å²) in [5.41, 5.74) is 5.84. The van der Waals surface area contributed by atoms with Crippen LogP contribution in [0.15, 0.2) is 0 Å². The van der Waals surface area contributed by atoms with Crippen molar-refractivity contribution in [2.45, 2.75) is 26.3 Å². The number of rotatable bonds is 4. The molecule has 1 amide bonds. The lowest BCUT2D eigenvalue weighted by atomic mass is 10.0. The third kappa shape index (κ3) is 3.92. The Bertz CT molecular complexity index is 224. The van der Waals surface area contributed by atoms with E-state index in [1.165, 1.54) is 0 Å². The molecule has 16 heavy (non-hydrogen) atoms. The zero-order valence-corrected chi connectivity index (χ0v) is 11.1. The Morgan fingerprint density at radius 2 is 2.19 bits per heavy atom. The Kier molecular flexibility index (Phi) is 6.95. The van der Waals surface area contributed by atoms with Gasteiger partial charge < -0.3 is 15.4 Å². The Balaban J connectivity index is 0.00000225. The maximum atomic E-state index is 11.9. The van der Waals surface area contributed by atoms with E-state index in [0.717, 1.165) is 26.1 Å². The number of halogens is 1. The van der Waals surface area contributed by atoms with Gasteiger partial charge in [0, 0.05) is 26.1 Å². The highest BCUT2D eigenvalue weighted by molar-refractivity contribution is 5.85. The van der Waals surface area contributed by atoms with Crippen LogP contribution in [-0.2, 0) is 9.53 Å². The third-order valence-corrected chi connectivity index (χ3v) is 3.00. The number of carbonyl (C=O) groups excluding carboxylic acids is 1. The van der Waals surface area contributed by atoms with Crippen LogP contribution in [0.3, 0.4) is 0 Å². The number of carbonyl (C=O) groups is 1. The van der Waals surface area contributed by atoms with E-state index in [1.807, 2.05) is 18.7 Å². The van der Waals surface area contributed by atoms with Gasteiger partial charge in [0.2, 0.25) is 5.91 Å². The van der Waals surface area contributed by atoms with Crippen molar-refractivity contribution in [3.8, 4) is 0 Å². The first-order valence-corrected chi connectivity index (χ1v) is 5.59. The van der Waals surface area contributed by atoms with E-state index in [9.17, 15) is 4.79 Å². The standard InChI is InChI=1S/C11H22N2O2.ClH/c1-8(2)10(12)11(14)13-5-4-9(6-13)7-15-3;/h8-10H,4-7,12H2,1-3H3;1H/t9?,10-;/m1./s1. The predicted molar refractivity (Wildman–Crippen MR) is 66.6 cm³/mol. The van der Waals surface area contributed by atoms with Crippen molar-refractivity contribution in [1.82, 2.24) is 4.90 Å². The number of nitrogens with two attached hydrogens (primary N) is 1. The molecular formula is C11H23ClN2O2. The molecule has 0 aromatic carbocycles. The van der Waals surface area contributed by atoms with Gasteiger partial charge in [0.1, 0.15) is 0 Å². The number of methoxy groups -OCH3 is 1. The van der Waals surface area contributed by atoms with Gasteiger partial charge in [-0.1, -0.05) is 13.8 Å². The van der Waals surface area contributed by atoms with Crippen LogP contribution < -0.4 is 5.73 Å². The maximum Gasteiger partial charge on any atom is 0.239 e. The molecule has 0 saturated carbocycles. The summed E-state index contributed by atoms with van der Waals surface area (Å²) in [7, 11) is 1.70. The minimum Gasteiger partial charge on any atom is -0.384 e. The van der Waals surface area contributed by atoms with Crippen LogP contribution in [0.4, 0.5) is 0 Å². The first kappa shape index (κ1) is 15.7. The van der Waals surface area contributed by atoms with Crippen molar-refractivity contribution in [3.63, 3.8) is 0 Å². The molecule has 5 heteroatoms. The minimum absolute atomic E-state index is 0. The molecule has 0 aromatic rings. The molecular weight excluding hydrogens is 228 g/mol. The van der Waals surface area contributed by atoms with Crippen molar-refractivity contribution < 1.29 is 9.53 Å². The lowest BCUT2D eigenvalue weighted by molar-refractivity contribution is -0.132. The number of hydrogen-bond acceptors (Lipinski definition) is 3. The predicted octanol–water partition coefficient (Wildman–Crippen LogP) is 0.886. The summed E-state index contributed by atoms with van der Waals surface area (Å²) in [4.78, 5) is 13.8. The fourth-order valence-electron chi connectivity index (χ4n) is 1.90. The molecule has 1 aliphatic rings. The molecule has 1 unspecified atom stereocenters. The molecule has 0 aliphatic carbocycles. The summed E-state index contributed by atoms with van der Waals surface area (Å²) in [6, 6.07) is -0.355. The fraction of sp³-hybridized carbons (Fsp3) is 0.909. The Morgan fingerprint density at radius 1 is 1.56 bits per heavy atom. The number of nitrogens with zero attached hydrogens (tertiary/aromatic N) is 1. The maximum absolute atomic E-state index is 11.9. The molecule has 2 atom stereocenters. The highest BCUT2D eigenvalue weighted by atomic mass is 35.5. The van der Waals surface area contributed by atoms with Gasteiger partial charge >= 0.3 is 0 Å². The third-order valence-electron chi connectivity index (χ3n) is 3.00. The van der Waals surface area contributed by atoms with Gasteiger partial charge in [-0.05, 0) is 12.3 Å². The molecule has 0 aromatic heterocycles. The molecule has 2 N–H and O–H groups in total. The molecule has 4 nitrogen and oxygen atoms in total. The van der Waals surface area contributed by atoms with E-state index in [2.05, 4.69) is 0 Å². The summed E-state index contributed by atoms with van der Waals surface area (Å²) in [6.45, 7) is 6.32. The van der Waals surface area contributed by atoms with E-state index >= 15 is 0 Å². The number of amides is 1. The number of ether oxygens (including phenoxy) is 1. The van der Waals surface area contributed by atoms with Crippen LogP contribution in [0.2, 0.25) is 0 Å². The van der Waals surface area contributed by atoms with Crippen LogP contribution in [0.25, 0.3) is 0 Å². The molecule has 1 heterocycles. The average Bonchev–Trinajstić information content (AvgIpc) is 2.64. The van der Waals surface area contributed by atoms with E-state index in [-0.39, 0.29) is 30.3 Å². The van der Waals surface area contributed by atoms with Gasteiger partial charge in [-0.15, -0.1) is 12.4 Å². The van der Waals surface area contributed by atoms with Crippen molar-refractivity contribution >= 4 is 18.3 Å². The van der Waals surface area contributed by atoms with Gasteiger partial charge in [0.15, 0.2) is 0 Å². The molecule has 0 radical (unpaired) electrons. The van der Waals surface area contributed by atoms with Crippen molar-refractivity contribution in [1.29, 1.82) is 0 Å². The van der Waals surface area contributed by atoms with Crippen LogP contribution in [-0.4, -0.2) is 43.7 Å². The highest BCUT2D eigenvalue weighted by Gasteiger charge is 2.30. The summed E-state index contributed by atoms with van der Waals surface area (Å²) >= 11 is 0. The molecule has 1 fully saturated rings. The largest absolute Gasteiger partial charge is 0.384 e. The SMILES string of the molecule is COCC1CCN(C(=O)[C@H](N)C(C)C)C1.Cl. The zero-order valence-electron chi connectivity index (χ0n) is 10.3. The molecule has 1 aliphatic heterocycles. The molecule has 96 valence electrons. The van der Waals surface area contributed by atoms with Gasteiger partial charge in [0.25, 0.3) is 0 Å². The lowest BCUT2D eigenvalue weighted by Gasteiger charge is -2.23. The number of hydrogen-bond donors (Lipinski definition) is 1. The zero-order chi connectivity index (χ0) is 11.4. The summed E-state index contributed by atoms with van der Waals surface area (Å²) in [5, 5.41) is 0. The fourth-order valence-corrected chi connectivity index (χ4v) is 1.90. The van der Waals surface area contributed by atoms with Gasteiger partial charge in [-0.25, -0.2) is 0 Å². The number of likely N-dealkylation sites (tertiary alicyclic amines) is 1. The quantitative estimate of drug-likeness (QED) is 0.806. The van der Waals surface area contributed by atoms with E-state index in [0.29, 0.717) is 5.92 Å². The second kappa shape index (κ2) is 7.09. The Hall–Kier alpha value is -0.320. The van der Waals surface area contributed by atoms with Gasteiger partial charge in [-0.3, -0.25) is 4.79 Å². The molecule has 0 bridgehead atoms. The summed E-state index contributed by atoms with van der Waals surface area (Å²) < 4.78 is 5.09. The van der Waals surface area contributed by atoms with Gasteiger partial charge in [-0.2, -0.15) is 0 Å². The van der Waals surface area contributed by atoms with E-state index in [1.54, 1.807) is 7.11 Å². The van der Waals surface area contributed by atoms with Crippen molar-refractivity contribution in [2.24, 2.45) is 17.6 Å². The van der Waals surface area contributed by atoms with Crippen LogP contribution >= 0.6 is 12.4 Å². The molecule has 0 spiro atoms. The Labute approximate surface area is 104 Å². The topological polar surface area (TPSA) is 55.6 Å². The second-order valence-electron chi connectivity index (χ2n) is 4.66. The monoisotopic (exact) mass is 250 g/mol. The Morgan fingerprint density at radius 3 is 2.69 bits per heavy atom.